The highest BCUT2D eigenvalue weighted by Crippen LogP contribution is 2.30. The Hall–Kier alpha value is -1.73. The fraction of sp³-hybridized carbons (Fsp3) is 0.611. The summed E-state index contributed by atoms with van der Waals surface area (Å²) in [6.45, 7) is 7.72. The van der Waals surface area contributed by atoms with Gasteiger partial charge in [-0.05, 0) is 18.8 Å². The van der Waals surface area contributed by atoms with Crippen LogP contribution in [0.25, 0.3) is 0 Å². The van der Waals surface area contributed by atoms with Gasteiger partial charge in [0.15, 0.2) is 5.69 Å². The number of rotatable bonds is 4. The van der Waals surface area contributed by atoms with Crippen LogP contribution < -0.4 is 0 Å². The van der Waals surface area contributed by atoms with Gasteiger partial charge in [-0.2, -0.15) is 0 Å². The molecule has 134 valence electrons. The number of carbonyl (C=O) groups is 1. The van der Waals surface area contributed by atoms with Crippen molar-refractivity contribution in [2.24, 2.45) is 5.92 Å². The van der Waals surface area contributed by atoms with E-state index in [4.69, 9.17) is 4.52 Å². The SMILES string of the molecule is CC(C)c1cc(C(=O)N2C[C@@H]3CC[C@H]2CN(Cc2cscn2)C3)no1. The number of carbonyl (C=O) groups excluding carboxylic acids is 1. The summed E-state index contributed by atoms with van der Waals surface area (Å²) >= 11 is 1.64. The van der Waals surface area contributed by atoms with Gasteiger partial charge in [0.25, 0.3) is 5.91 Å². The summed E-state index contributed by atoms with van der Waals surface area (Å²) in [6.07, 6.45) is 2.26. The summed E-state index contributed by atoms with van der Waals surface area (Å²) in [5.41, 5.74) is 3.46. The number of thiazole rings is 1. The molecule has 25 heavy (non-hydrogen) atoms. The van der Waals surface area contributed by atoms with Crippen molar-refractivity contribution in [3.63, 3.8) is 0 Å². The van der Waals surface area contributed by atoms with Gasteiger partial charge in [-0.1, -0.05) is 19.0 Å². The fourth-order valence-corrected chi connectivity index (χ4v) is 4.46. The van der Waals surface area contributed by atoms with Gasteiger partial charge in [0.05, 0.1) is 11.2 Å². The molecule has 5 rings (SSSR count). The average Bonchev–Trinajstić information content (AvgIpc) is 3.20. The predicted molar refractivity (Wildman–Crippen MR) is 95.5 cm³/mol. The minimum atomic E-state index is 0.0147. The second kappa shape index (κ2) is 6.88. The Bertz CT molecular complexity index is 727. The monoisotopic (exact) mass is 360 g/mol. The highest BCUT2D eigenvalue weighted by Gasteiger charge is 2.38. The van der Waals surface area contributed by atoms with E-state index < -0.39 is 0 Å². The smallest absolute Gasteiger partial charge is 0.276 e. The Morgan fingerprint density at radius 3 is 2.96 bits per heavy atom. The zero-order chi connectivity index (χ0) is 17.4. The summed E-state index contributed by atoms with van der Waals surface area (Å²) in [5, 5.41) is 6.13. The van der Waals surface area contributed by atoms with Crippen molar-refractivity contribution in [2.45, 2.75) is 45.2 Å². The Morgan fingerprint density at radius 1 is 1.36 bits per heavy atom. The quantitative estimate of drug-likeness (QED) is 0.839. The van der Waals surface area contributed by atoms with E-state index >= 15 is 0 Å². The van der Waals surface area contributed by atoms with Crippen LogP contribution in [0.1, 0.15) is 54.5 Å². The van der Waals surface area contributed by atoms with Crippen LogP contribution in [0, 0.1) is 5.92 Å². The molecule has 6 nitrogen and oxygen atoms in total. The van der Waals surface area contributed by atoms with E-state index in [2.05, 4.69) is 20.4 Å². The van der Waals surface area contributed by atoms with E-state index in [0.29, 0.717) is 11.6 Å². The van der Waals surface area contributed by atoms with Gasteiger partial charge in [-0.3, -0.25) is 9.69 Å². The van der Waals surface area contributed by atoms with Crippen LogP contribution in [-0.2, 0) is 6.54 Å². The van der Waals surface area contributed by atoms with Gasteiger partial charge < -0.3 is 9.42 Å². The minimum absolute atomic E-state index is 0.0147. The lowest BCUT2D eigenvalue weighted by atomic mass is 9.94. The number of fused-ring (bicyclic) bond motifs is 4. The number of hydrogen-bond acceptors (Lipinski definition) is 6. The average molecular weight is 360 g/mol. The molecule has 3 saturated heterocycles. The number of amides is 1. The topological polar surface area (TPSA) is 62.5 Å². The molecular formula is C18H24N4O2S. The van der Waals surface area contributed by atoms with Crippen molar-refractivity contribution in [3.05, 3.63) is 34.1 Å². The number of aromatic nitrogens is 2. The van der Waals surface area contributed by atoms with Gasteiger partial charge in [-0.15, -0.1) is 11.3 Å². The van der Waals surface area contributed by atoms with Crippen molar-refractivity contribution in [3.8, 4) is 0 Å². The van der Waals surface area contributed by atoms with Crippen molar-refractivity contribution in [1.29, 1.82) is 0 Å². The Morgan fingerprint density at radius 2 is 2.24 bits per heavy atom. The van der Waals surface area contributed by atoms with Crippen LogP contribution in [0.5, 0.6) is 0 Å². The van der Waals surface area contributed by atoms with Gasteiger partial charge in [0.1, 0.15) is 5.76 Å². The first kappa shape index (κ1) is 16.7. The second-order valence-corrected chi connectivity index (χ2v) is 8.22. The maximum Gasteiger partial charge on any atom is 0.276 e. The first-order valence-corrected chi connectivity index (χ1v) is 9.91. The molecule has 1 amide bonds. The van der Waals surface area contributed by atoms with Crippen LogP contribution in [0.15, 0.2) is 21.5 Å². The molecule has 2 aromatic heterocycles. The van der Waals surface area contributed by atoms with Crippen molar-refractivity contribution >= 4 is 17.2 Å². The lowest BCUT2D eigenvalue weighted by molar-refractivity contribution is 0.0574. The van der Waals surface area contributed by atoms with Crippen LogP contribution in [0.2, 0.25) is 0 Å². The van der Waals surface area contributed by atoms with E-state index in [0.717, 1.165) is 44.1 Å². The molecule has 5 heterocycles. The summed E-state index contributed by atoms with van der Waals surface area (Å²) in [5.74, 6) is 1.55. The first-order chi connectivity index (χ1) is 12.1. The van der Waals surface area contributed by atoms with Gasteiger partial charge in [-0.25, -0.2) is 4.98 Å². The highest BCUT2D eigenvalue weighted by atomic mass is 32.1. The second-order valence-electron chi connectivity index (χ2n) is 7.50. The number of hydrogen-bond donors (Lipinski definition) is 0. The van der Waals surface area contributed by atoms with Crippen LogP contribution in [0.3, 0.4) is 0 Å². The molecule has 0 radical (unpaired) electrons. The normalized spacial score (nSPS) is 24.0. The van der Waals surface area contributed by atoms with Crippen LogP contribution in [-0.4, -0.2) is 51.5 Å². The zero-order valence-corrected chi connectivity index (χ0v) is 15.5. The lowest BCUT2D eigenvalue weighted by Gasteiger charge is -2.35. The Kier molecular flexibility index (Phi) is 4.60. The molecule has 7 heteroatoms. The first-order valence-electron chi connectivity index (χ1n) is 8.97. The molecule has 0 aromatic carbocycles. The third-order valence-electron chi connectivity index (χ3n) is 5.24. The Balaban J connectivity index is 1.48. The Labute approximate surface area is 151 Å². The summed E-state index contributed by atoms with van der Waals surface area (Å²) < 4.78 is 5.33. The fourth-order valence-electron chi connectivity index (χ4n) is 3.91. The van der Waals surface area contributed by atoms with Crippen LogP contribution in [0.4, 0.5) is 0 Å². The summed E-state index contributed by atoms with van der Waals surface area (Å²) in [6, 6.07) is 2.06. The maximum atomic E-state index is 13.0. The molecule has 0 unspecified atom stereocenters. The van der Waals surface area contributed by atoms with Crippen molar-refractivity contribution in [2.75, 3.05) is 19.6 Å². The predicted octanol–water partition coefficient (Wildman–Crippen LogP) is 2.99. The highest BCUT2D eigenvalue weighted by molar-refractivity contribution is 7.07. The van der Waals surface area contributed by atoms with Crippen LogP contribution >= 0.6 is 11.3 Å². The van der Waals surface area contributed by atoms with E-state index in [-0.39, 0.29) is 17.9 Å². The molecule has 0 N–H and O–H groups in total. The molecule has 0 aliphatic carbocycles. The number of nitrogens with zero attached hydrogens (tertiary/aromatic N) is 4. The van der Waals surface area contributed by atoms with Gasteiger partial charge >= 0.3 is 0 Å². The molecule has 3 aliphatic heterocycles. The van der Waals surface area contributed by atoms with Crippen molar-refractivity contribution < 1.29 is 9.32 Å². The standard InChI is InChI=1S/C18H24N4O2S/c1-12(2)17-5-16(20-24-17)18(23)22-7-13-3-4-15(22)9-21(6-13)8-14-10-25-11-19-14/h5,10-13,15H,3-4,6-9H2,1-2H3/t13-,15+/m1/s1. The molecular weight excluding hydrogens is 336 g/mol. The molecule has 0 saturated carbocycles. The van der Waals surface area contributed by atoms with E-state index in [1.807, 2.05) is 24.3 Å². The van der Waals surface area contributed by atoms with E-state index in [1.54, 1.807) is 17.4 Å². The molecule has 2 bridgehead atoms. The third kappa shape index (κ3) is 3.48. The van der Waals surface area contributed by atoms with Gasteiger partial charge in [0, 0.05) is 49.6 Å². The summed E-state index contributed by atoms with van der Waals surface area (Å²) in [7, 11) is 0. The molecule has 3 fully saturated rings. The lowest BCUT2D eigenvalue weighted by Crippen LogP contribution is -2.47. The summed E-state index contributed by atoms with van der Waals surface area (Å²) in [4.78, 5) is 21.9. The van der Waals surface area contributed by atoms with E-state index in [1.165, 1.54) is 6.42 Å². The van der Waals surface area contributed by atoms with E-state index in [9.17, 15) is 4.79 Å². The molecule has 2 aromatic rings. The largest absolute Gasteiger partial charge is 0.360 e. The molecule has 0 spiro atoms. The number of piperidine rings is 1. The molecule has 2 atom stereocenters. The molecule has 3 aliphatic rings. The van der Waals surface area contributed by atoms with Gasteiger partial charge in [0.2, 0.25) is 0 Å². The zero-order valence-electron chi connectivity index (χ0n) is 14.7. The third-order valence-corrected chi connectivity index (χ3v) is 5.87. The maximum absolute atomic E-state index is 13.0. The van der Waals surface area contributed by atoms with Crippen molar-refractivity contribution in [1.82, 2.24) is 19.9 Å². The minimum Gasteiger partial charge on any atom is -0.360 e.